The van der Waals surface area contributed by atoms with Crippen LogP contribution < -0.4 is 5.32 Å². The number of nitrogens with one attached hydrogen (secondary N) is 1. The molecule has 1 N–H and O–H groups in total. The lowest BCUT2D eigenvalue weighted by Crippen LogP contribution is -2.43. The number of amides is 2. The number of benzene rings is 1. The minimum atomic E-state index is -3.93. The number of hydrogen-bond donors (Lipinski definition) is 1. The van der Waals surface area contributed by atoms with Crippen LogP contribution in [0.15, 0.2) is 29.2 Å². The Bertz CT molecular complexity index is 713. The topological polar surface area (TPSA) is 83.6 Å². The van der Waals surface area contributed by atoms with Gasteiger partial charge in [0.25, 0.3) is 15.9 Å². The lowest BCUT2D eigenvalue weighted by Gasteiger charge is -2.18. The van der Waals surface area contributed by atoms with E-state index in [4.69, 9.17) is 0 Å². The molecular formula is C16H22N2O4S. The van der Waals surface area contributed by atoms with Crippen molar-refractivity contribution < 1.29 is 18.0 Å². The van der Waals surface area contributed by atoms with E-state index in [1.807, 2.05) is 6.92 Å². The monoisotopic (exact) mass is 338 g/mol. The average molecular weight is 338 g/mol. The average Bonchev–Trinajstić information content (AvgIpc) is 2.67. The molecule has 0 saturated heterocycles. The highest BCUT2D eigenvalue weighted by Crippen LogP contribution is 2.29. The number of sulfonamides is 1. The standard InChI is InChI=1S/C16H22N2O4S/c1-11(2)8-9-12(3)17-15(19)10-18-16(20)13-6-4-5-7-14(13)23(18,21)22/h4-7,11-12H,8-10H2,1-3H3,(H,17,19). The summed E-state index contributed by atoms with van der Waals surface area (Å²) >= 11 is 0. The molecule has 0 aromatic heterocycles. The molecule has 2 amide bonds. The van der Waals surface area contributed by atoms with Crippen molar-refractivity contribution >= 4 is 21.8 Å². The van der Waals surface area contributed by atoms with Gasteiger partial charge in [0, 0.05) is 6.04 Å². The van der Waals surface area contributed by atoms with Gasteiger partial charge >= 0.3 is 0 Å². The van der Waals surface area contributed by atoms with Crippen LogP contribution in [0.1, 0.15) is 44.0 Å². The second kappa shape index (κ2) is 6.70. The van der Waals surface area contributed by atoms with Gasteiger partial charge in [0.05, 0.1) is 5.56 Å². The van der Waals surface area contributed by atoms with Crippen LogP contribution in [0.25, 0.3) is 0 Å². The Morgan fingerprint density at radius 3 is 2.43 bits per heavy atom. The van der Waals surface area contributed by atoms with Gasteiger partial charge in [-0.2, -0.15) is 0 Å². The van der Waals surface area contributed by atoms with E-state index in [-0.39, 0.29) is 16.5 Å². The first-order valence-corrected chi connectivity index (χ1v) is 9.13. The first-order valence-electron chi connectivity index (χ1n) is 7.69. The number of fused-ring (bicyclic) bond motifs is 1. The summed E-state index contributed by atoms with van der Waals surface area (Å²) in [6.07, 6.45) is 1.78. The van der Waals surface area contributed by atoms with Crippen LogP contribution in [0, 0.1) is 5.92 Å². The highest BCUT2D eigenvalue weighted by atomic mass is 32.2. The molecule has 0 aliphatic carbocycles. The fraction of sp³-hybridized carbons (Fsp3) is 0.500. The highest BCUT2D eigenvalue weighted by Gasteiger charge is 2.41. The fourth-order valence-corrected chi connectivity index (χ4v) is 4.02. The summed E-state index contributed by atoms with van der Waals surface area (Å²) < 4.78 is 25.4. The molecule has 0 radical (unpaired) electrons. The molecule has 1 aromatic rings. The van der Waals surface area contributed by atoms with Gasteiger partial charge in [-0.15, -0.1) is 0 Å². The van der Waals surface area contributed by atoms with Crippen molar-refractivity contribution in [2.75, 3.05) is 6.54 Å². The van der Waals surface area contributed by atoms with Gasteiger partial charge in [-0.3, -0.25) is 9.59 Å². The molecule has 0 saturated carbocycles. The Hall–Kier alpha value is -1.89. The van der Waals surface area contributed by atoms with E-state index in [9.17, 15) is 18.0 Å². The normalized spacial score (nSPS) is 17.2. The van der Waals surface area contributed by atoms with E-state index in [2.05, 4.69) is 19.2 Å². The molecule has 1 atom stereocenters. The van der Waals surface area contributed by atoms with Gasteiger partial charge in [0.15, 0.2) is 0 Å². The maximum absolute atomic E-state index is 12.4. The molecule has 6 nitrogen and oxygen atoms in total. The van der Waals surface area contributed by atoms with E-state index in [0.717, 1.165) is 12.8 Å². The van der Waals surface area contributed by atoms with E-state index in [1.54, 1.807) is 12.1 Å². The highest BCUT2D eigenvalue weighted by molar-refractivity contribution is 7.90. The van der Waals surface area contributed by atoms with Gasteiger partial charge in [-0.1, -0.05) is 26.0 Å². The smallest absolute Gasteiger partial charge is 0.269 e. The molecule has 2 rings (SSSR count). The molecule has 0 bridgehead atoms. The van der Waals surface area contributed by atoms with Crippen molar-refractivity contribution in [3.8, 4) is 0 Å². The molecule has 0 spiro atoms. The first-order chi connectivity index (χ1) is 10.7. The predicted octanol–water partition coefficient (Wildman–Crippen LogP) is 1.77. The fourth-order valence-electron chi connectivity index (χ4n) is 2.49. The molecule has 126 valence electrons. The van der Waals surface area contributed by atoms with Crippen molar-refractivity contribution in [1.29, 1.82) is 0 Å². The van der Waals surface area contributed by atoms with Gasteiger partial charge < -0.3 is 5.32 Å². The third-order valence-corrected chi connectivity index (χ3v) is 5.57. The molecule has 7 heteroatoms. The summed E-state index contributed by atoms with van der Waals surface area (Å²) in [5.41, 5.74) is 0.119. The van der Waals surface area contributed by atoms with Crippen LogP contribution in [0.3, 0.4) is 0 Å². The van der Waals surface area contributed by atoms with Crippen molar-refractivity contribution in [1.82, 2.24) is 9.62 Å². The van der Waals surface area contributed by atoms with Crippen molar-refractivity contribution in [3.63, 3.8) is 0 Å². The van der Waals surface area contributed by atoms with Gasteiger partial charge in [-0.05, 0) is 37.8 Å². The molecule has 1 heterocycles. The van der Waals surface area contributed by atoms with Gasteiger partial charge in [0.2, 0.25) is 5.91 Å². The largest absolute Gasteiger partial charge is 0.352 e. The third kappa shape index (κ3) is 3.72. The van der Waals surface area contributed by atoms with Crippen LogP contribution >= 0.6 is 0 Å². The Labute approximate surface area is 136 Å². The summed E-state index contributed by atoms with van der Waals surface area (Å²) in [5, 5.41) is 2.75. The Morgan fingerprint density at radius 1 is 1.17 bits per heavy atom. The zero-order valence-electron chi connectivity index (χ0n) is 13.6. The van der Waals surface area contributed by atoms with E-state index in [1.165, 1.54) is 12.1 Å². The second-order valence-electron chi connectivity index (χ2n) is 6.25. The van der Waals surface area contributed by atoms with Gasteiger partial charge in [0.1, 0.15) is 11.4 Å². The first kappa shape index (κ1) is 17.5. The zero-order valence-corrected chi connectivity index (χ0v) is 14.4. The molecule has 1 unspecified atom stereocenters. The Morgan fingerprint density at radius 2 is 1.83 bits per heavy atom. The summed E-state index contributed by atoms with van der Waals surface area (Å²) in [6, 6.07) is 5.93. The molecule has 23 heavy (non-hydrogen) atoms. The van der Waals surface area contributed by atoms with E-state index >= 15 is 0 Å². The lowest BCUT2D eigenvalue weighted by molar-refractivity contribution is -0.121. The number of nitrogens with zero attached hydrogens (tertiary/aromatic N) is 1. The summed E-state index contributed by atoms with van der Waals surface area (Å²) in [6.45, 7) is 5.58. The van der Waals surface area contributed by atoms with Crippen LogP contribution in [0.4, 0.5) is 0 Å². The quantitative estimate of drug-likeness (QED) is 0.857. The lowest BCUT2D eigenvalue weighted by atomic mass is 10.0. The van der Waals surface area contributed by atoms with Crippen molar-refractivity contribution in [2.24, 2.45) is 5.92 Å². The maximum Gasteiger partial charge on any atom is 0.269 e. The van der Waals surface area contributed by atoms with Crippen LogP contribution in [0.5, 0.6) is 0 Å². The number of carbonyl (C=O) groups is 2. The number of rotatable bonds is 6. The maximum atomic E-state index is 12.4. The summed E-state index contributed by atoms with van der Waals surface area (Å²) in [4.78, 5) is 24.2. The van der Waals surface area contributed by atoms with Crippen molar-refractivity contribution in [2.45, 2.75) is 44.6 Å². The van der Waals surface area contributed by atoms with Gasteiger partial charge in [-0.25, -0.2) is 12.7 Å². The number of hydrogen-bond acceptors (Lipinski definition) is 4. The zero-order chi connectivity index (χ0) is 17.2. The SMILES string of the molecule is CC(C)CCC(C)NC(=O)CN1C(=O)c2ccccc2S1(=O)=O. The molecular weight excluding hydrogens is 316 g/mol. The van der Waals surface area contributed by atoms with E-state index in [0.29, 0.717) is 10.2 Å². The van der Waals surface area contributed by atoms with Crippen LogP contribution in [-0.4, -0.2) is 37.1 Å². The van der Waals surface area contributed by atoms with Crippen LogP contribution in [0.2, 0.25) is 0 Å². The molecule has 0 fully saturated rings. The third-order valence-electron chi connectivity index (χ3n) is 3.78. The minimum absolute atomic E-state index is 0.0364. The molecule has 1 aliphatic heterocycles. The Kier molecular flexibility index (Phi) is 5.09. The predicted molar refractivity (Wildman–Crippen MR) is 86.3 cm³/mol. The van der Waals surface area contributed by atoms with E-state index < -0.39 is 28.4 Å². The van der Waals surface area contributed by atoms with Crippen molar-refractivity contribution in [3.05, 3.63) is 29.8 Å². The number of carbonyl (C=O) groups excluding carboxylic acids is 2. The summed E-state index contributed by atoms with van der Waals surface area (Å²) in [5.74, 6) is -0.582. The minimum Gasteiger partial charge on any atom is -0.352 e. The summed E-state index contributed by atoms with van der Waals surface area (Å²) in [7, 11) is -3.93. The Balaban J connectivity index is 2.04. The second-order valence-corrected chi connectivity index (χ2v) is 8.08. The molecule has 1 aliphatic rings. The van der Waals surface area contributed by atoms with Crippen LogP contribution in [-0.2, 0) is 14.8 Å². The molecule has 1 aromatic carbocycles.